The molecule has 0 aliphatic carbocycles. The largest absolute Gasteiger partial charge is 0.342 e. The molecule has 3 heterocycles. The van der Waals surface area contributed by atoms with E-state index in [1.54, 1.807) is 16.8 Å². The molecule has 148 valence electrons. The zero-order valence-electron chi connectivity index (χ0n) is 16.6. The summed E-state index contributed by atoms with van der Waals surface area (Å²) in [7, 11) is 0. The van der Waals surface area contributed by atoms with E-state index in [0.29, 0.717) is 25.1 Å². The molecule has 2 aliphatic heterocycles. The fourth-order valence-electron chi connectivity index (χ4n) is 4.45. The Hall–Kier alpha value is -2.11. The third kappa shape index (κ3) is 4.25. The van der Waals surface area contributed by atoms with Crippen molar-refractivity contribution in [1.82, 2.24) is 14.4 Å². The Morgan fingerprint density at radius 1 is 1.19 bits per heavy atom. The summed E-state index contributed by atoms with van der Waals surface area (Å²) in [6.45, 7) is 7.62. The molecule has 6 nitrogen and oxygen atoms in total. The molecule has 2 amide bonds. The summed E-state index contributed by atoms with van der Waals surface area (Å²) in [4.78, 5) is 41.2. The van der Waals surface area contributed by atoms with Gasteiger partial charge in [0.1, 0.15) is 0 Å². The summed E-state index contributed by atoms with van der Waals surface area (Å²) in [5.74, 6) is 0.187. The van der Waals surface area contributed by atoms with Crippen LogP contribution in [0.2, 0.25) is 0 Å². The van der Waals surface area contributed by atoms with Crippen molar-refractivity contribution in [2.45, 2.75) is 58.9 Å². The second-order valence-corrected chi connectivity index (χ2v) is 8.04. The van der Waals surface area contributed by atoms with E-state index >= 15 is 0 Å². The lowest BCUT2D eigenvalue weighted by Gasteiger charge is -2.48. The van der Waals surface area contributed by atoms with E-state index in [1.165, 1.54) is 6.07 Å². The molecular formula is C21H31N3O3. The van der Waals surface area contributed by atoms with Crippen LogP contribution in [0.15, 0.2) is 23.1 Å². The van der Waals surface area contributed by atoms with Gasteiger partial charge in [-0.05, 0) is 38.7 Å². The molecule has 1 unspecified atom stereocenters. The first kappa shape index (κ1) is 19.6. The number of carbonyl (C=O) groups excluding carboxylic acids is 2. The van der Waals surface area contributed by atoms with Crippen molar-refractivity contribution in [3.63, 3.8) is 0 Å². The zero-order valence-corrected chi connectivity index (χ0v) is 16.6. The standard InChI is InChI=1S/C21H31N3O3/c1-3-5-11-23-15-21(10-7-18(23)25)9-6-12-24(16-21)20(27)17-8-13-22(4-2)19(26)14-17/h8,13-14H,3-7,9-12,15-16H2,1-2H3. The fourth-order valence-corrected chi connectivity index (χ4v) is 4.45. The van der Waals surface area contributed by atoms with Gasteiger partial charge in [0.15, 0.2) is 0 Å². The monoisotopic (exact) mass is 373 g/mol. The molecule has 0 N–H and O–H groups in total. The van der Waals surface area contributed by atoms with E-state index in [9.17, 15) is 14.4 Å². The average Bonchev–Trinajstić information content (AvgIpc) is 2.68. The van der Waals surface area contributed by atoms with E-state index in [0.717, 1.165) is 51.7 Å². The van der Waals surface area contributed by atoms with Crippen LogP contribution in [0, 0.1) is 5.41 Å². The maximum absolute atomic E-state index is 13.0. The number of likely N-dealkylation sites (tertiary alicyclic amines) is 2. The van der Waals surface area contributed by atoms with Gasteiger partial charge in [0, 0.05) is 62.4 Å². The van der Waals surface area contributed by atoms with Crippen LogP contribution in [0.25, 0.3) is 0 Å². The first-order chi connectivity index (χ1) is 13.0. The van der Waals surface area contributed by atoms with Crippen molar-refractivity contribution in [1.29, 1.82) is 0 Å². The molecule has 6 heteroatoms. The highest BCUT2D eigenvalue weighted by Gasteiger charge is 2.42. The second kappa shape index (κ2) is 8.28. The van der Waals surface area contributed by atoms with E-state index in [-0.39, 0.29) is 22.8 Å². The molecule has 0 radical (unpaired) electrons. The Balaban J connectivity index is 1.73. The zero-order chi connectivity index (χ0) is 19.4. The predicted octanol–water partition coefficient (Wildman–Crippen LogP) is 2.51. The number of hydrogen-bond acceptors (Lipinski definition) is 3. The van der Waals surface area contributed by atoms with Crippen LogP contribution in [0.5, 0.6) is 0 Å². The van der Waals surface area contributed by atoms with E-state index < -0.39 is 0 Å². The molecule has 0 bridgehead atoms. The Kier molecular flexibility index (Phi) is 6.02. The Labute approximate surface area is 161 Å². The number of nitrogens with zero attached hydrogens (tertiary/aromatic N) is 3. The molecule has 1 aromatic heterocycles. The van der Waals surface area contributed by atoms with Gasteiger partial charge in [0.2, 0.25) is 5.91 Å². The predicted molar refractivity (Wildman–Crippen MR) is 105 cm³/mol. The van der Waals surface area contributed by atoms with Crippen LogP contribution in [-0.2, 0) is 11.3 Å². The number of amides is 2. The molecule has 1 aromatic rings. The Bertz CT molecular complexity index is 757. The lowest BCUT2D eigenvalue weighted by atomic mass is 9.73. The van der Waals surface area contributed by atoms with Gasteiger partial charge in [0.25, 0.3) is 11.5 Å². The lowest BCUT2D eigenvalue weighted by molar-refractivity contribution is -0.139. The van der Waals surface area contributed by atoms with Gasteiger partial charge in [-0.3, -0.25) is 14.4 Å². The first-order valence-corrected chi connectivity index (χ1v) is 10.3. The number of unbranched alkanes of at least 4 members (excludes halogenated alkanes) is 1. The molecule has 0 aromatic carbocycles. The number of piperidine rings is 2. The van der Waals surface area contributed by atoms with Crippen LogP contribution in [0.4, 0.5) is 0 Å². The minimum atomic E-state index is -0.135. The molecular weight excluding hydrogens is 342 g/mol. The molecule has 0 saturated carbocycles. The minimum absolute atomic E-state index is 0.00790. The maximum Gasteiger partial charge on any atom is 0.254 e. The molecule has 2 aliphatic rings. The van der Waals surface area contributed by atoms with Crippen LogP contribution in [0.3, 0.4) is 0 Å². The number of carbonyl (C=O) groups is 2. The first-order valence-electron chi connectivity index (χ1n) is 10.3. The maximum atomic E-state index is 13.0. The number of aryl methyl sites for hydroxylation is 1. The summed E-state index contributed by atoms with van der Waals surface area (Å²) >= 11 is 0. The Morgan fingerprint density at radius 3 is 2.70 bits per heavy atom. The topological polar surface area (TPSA) is 62.6 Å². The van der Waals surface area contributed by atoms with Gasteiger partial charge in [0.05, 0.1) is 0 Å². The quantitative estimate of drug-likeness (QED) is 0.797. The summed E-state index contributed by atoms with van der Waals surface area (Å²) in [6, 6.07) is 3.19. The normalized spacial score (nSPS) is 23.1. The van der Waals surface area contributed by atoms with E-state index in [2.05, 4.69) is 6.92 Å². The van der Waals surface area contributed by atoms with Crippen molar-refractivity contribution >= 4 is 11.8 Å². The van der Waals surface area contributed by atoms with Crippen LogP contribution >= 0.6 is 0 Å². The Morgan fingerprint density at radius 2 is 2.00 bits per heavy atom. The molecule has 2 fully saturated rings. The summed E-state index contributed by atoms with van der Waals surface area (Å²) in [5, 5.41) is 0. The van der Waals surface area contributed by atoms with Crippen LogP contribution < -0.4 is 5.56 Å². The van der Waals surface area contributed by atoms with Gasteiger partial charge in [-0.15, -0.1) is 0 Å². The van der Waals surface area contributed by atoms with Crippen LogP contribution in [0.1, 0.15) is 62.7 Å². The number of hydrogen-bond donors (Lipinski definition) is 0. The summed E-state index contributed by atoms with van der Waals surface area (Å²) in [5.41, 5.74) is 0.342. The molecule has 2 saturated heterocycles. The van der Waals surface area contributed by atoms with Gasteiger partial charge >= 0.3 is 0 Å². The van der Waals surface area contributed by atoms with Gasteiger partial charge in [-0.2, -0.15) is 0 Å². The highest BCUT2D eigenvalue weighted by Crippen LogP contribution is 2.39. The van der Waals surface area contributed by atoms with E-state index in [1.807, 2.05) is 16.7 Å². The summed E-state index contributed by atoms with van der Waals surface area (Å²) < 4.78 is 1.59. The summed E-state index contributed by atoms with van der Waals surface area (Å²) in [6.07, 6.45) is 7.25. The molecule has 1 spiro atoms. The second-order valence-electron chi connectivity index (χ2n) is 8.04. The van der Waals surface area contributed by atoms with Crippen LogP contribution in [-0.4, -0.2) is 52.4 Å². The number of aromatic nitrogens is 1. The van der Waals surface area contributed by atoms with Crippen molar-refractivity contribution in [2.75, 3.05) is 26.2 Å². The fraction of sp³-hybridized carbons (Fsp3) is 0.667. The smallest absolute Gasteiger partial charge is 0.254 e. The molecule has 27 heavy (non-hydrogen) atoms. The van der Waals surface area contributed by atoms with E-state index in [4.69, 9.17) is 0 Å². The van der Waals surface area contributed by atoms with Crippen molar-refractivity contribution in [2.24, 2.45) is 5.41 Å². The van der Waals surface area contributed by atoms with Crippen molar-refractivity contribution in [3.8, 4) is 0 Å². The number of pyridine rings is 1. The van der Waals surface area contributed by atoms with Crippen molar-refractivity contribution in [3.05, 3.63) is 34.2 Å². The highest BCUT2D eigenvalue weighted by molar-refractivity contribution is 5.94. The van der Waals surface area contributed by atoms with Gasteiger partial charge in [-0.25, -0.2) is 0 Å². The third-order valence-corrected chi connectivity index (χ3v) is 6.06. The molecule has 3 rings (SSSR count). The van der Waals surface area contributed by atoms with Gasteiger partial charge in [-0.1, -0.05) is 13.3 Å². The SMILES string of the molecule is CCCCN1CC2(CCCN(C(=O)c3ccn(CC)c(=O)c3)C2)CCC1=O. The van der Waals surface area contributed by atoms with Crippen molar-refractivity contribution < 1.29 is 9.59 Å². The lowest BCUT2D eigenvalue weighted by Crippen LogP contribution is -2.55. The highest BCUT2D eigenvalue weighted by atomic mass is 16.2. The molecule has 1 atom stereocenters. The average molecular weight is 373 g/mol. The van der Waals surface area contributed by atoms with Gasteiger partial charge < -0.3 is 14.4 Å². The minimum Gasteiger partial charge on any atom is -0.342 e. The number of rotatable bonds is 5. The third-order valence-electron chi connectivity index (χ3n) is 6.06.